The first-order valence-electron chi connectivity index (χ1n) is 8.34. The highest BCUT2D eigenvalue weighted by Crippen LogP contribution is 2.07. The van der Waals surface area contributed by atoms with Crippen LogP contribution >= 0.6 is 0 Å². The molecule has 2 amide bonds. The second-order valence-electron chi connectivity index (χ2n) is 5.87. The summed E-state index contributed by atoms with van der Waals surface area (Å²) in [6.07, 6.45) is 6.46. The third-order valence-electron chi connectivity index (χ3n) is 4.21. The van der Waals surface area contributed by atoms with Crippen LogP contribution in [0.5, 0.6) is 0 Å². The number of carbonyl (C=O) groups is 2. The molecule has 1 saturated heterocycles. The van der Waals surface area contributed by atoms with Crippen LogP contribution in [0, 0.1) is 0 Å². The Labute approximate surface area is 146 Å². The van der Waals surface area contributed by atoms with Crippen LogP contribution in [0.25, 0.3) is 0 Å². The van der Waals surface area contributed by atoms with Crippen LogP contribution < -0.4 is 5.32 Å². The van der Waals surface area contributed by atoms with Crippen molar-refractivity contribution in [3.63, 3.8) is 0 Å². The Morgan fingerprint density at radius 1 is 0.960 bits per heavy atom. The summed E-state index contributed by atoms with van der Waals surface area (Å²) in [5.41, 5.74) is 1.19. The molecule has 3 rings (SSSR count). The fourth-order valence-corrected chi connectivity index (χ4v) is 2.77. The van der Waals surface area contributed by atoms with Crippen molar-refractivity contribution in [3.8, 4) is 0 Å². The number of nitrogens with zero attached hydrogens (tertiary/aromatic N) is 4. The second-order valence-corrected chi connectivity index (χ2v) is 5.87. The normalized spacial score (nSPS) is 15.0. The van der Waals surface area contributed by atoms with E-state index in [9.17, 15) is 9.59 Å². The molecule has 0 bridgehead atoms. The number of rotatable bonds is 5. The first kappa shape index (κ1) is 17.0. The molecule has 7 heteroatoms. The monoisotopic (exact) mass is 339 g/mol. The second kappa shape index (κ2) is 8.34. The van der Waals surface area contributed by atoms with E-state index < -0.39 is 0 Å². The fraction of sp³-hybridized carbons (Fsp3) is 0.333. The van der Waals surface area contributed by atoms with Crippen molar-refractivity contribution in [2.75, 3.05) is 39.3 Å². The third-order valence-corrected chi connectivity index (χ3v) is 4.21. The predicted molar refractivity (Wildman–Crippen MR) is 93.2 cm³/mol. The van der Waals surface area contributed by atoms with Gasteiger partial charge in [0.25, 0.3) is 11.8 Å². The van der Waals surface area contributed by atoms with Crippen LogP contribution in [0.3, 0.4) is 0 Å². The van der Waals surface area contributed by atoms with Gasteiger partial charge in [-0.1, -0.05) is 0 Å². The molecule has 0 aromatic carbocycles. The molecule has 1 aliphatic heterocycles. The van der Waals surface area contributed by atoms with Crippen LogP contribution in [0.1, 0.15) is 20.7 Å². The van der Waals surface area contributed by atoms with Gasteiger partial charge in [0.1, 0.15) is 0 Å². The largest absolute Gasteiger partial charge is 0.351 e. The molecule has 3 heterocycles. The van der Waals surface area contributed by atoms with Gasteiger partial charge >= 0.3 is 0 Å². The average Bonchev–Trinajstić information content (AvgIpc) is 2.69. The number of hydrogen-bond acceptors (Lipinski definition) is 5. The predicted octanol–water partition coefficient (Wildman–Crippen LogP) is 0.664. The van der Waals surface area contributed by atoms with Crippen molar-refractivity contribution in [3.05, 3.63) is 60.2 Å². The van der Waals surface area contributed by atoms with Crippen LogP contribution in [0.15, 0.2) is 49.1 Å². The Balaban J connectivity index is 1.39. The minimum Gasteiger partial charge on any atom is -0.351 e. The number of nitrogens with one attached hydrogen (secondary N) is 1. The lowest BCUT2D eigenvalue weighted by Crippen LogP contribution is -2.50. The molecule has 1 fully saturated rings. The minimum atomic E-state index is -0.113. The number of carbonyl (C=O) groups excluding carboxylic acids is 2. The molecule has 2 aromatic rings. The van der Waals surface area contributed by atoms with Crippen molar-refractivity contribution in [2.24, 2.45) is 0 Å². The number of pyridine rings is 2. The molecule has 0 atom stereocenters. The summed E-state index contributed by atoms with van der Waals surface area (Å²) in [7, 11) is 0. The highest BCUT2D eigenvalue weighted by atomic mass is 16.2. The summed E-state index contributed by atoms with van der Waals surface area (Å²) in [6.45, 7) is 4.31. The molecule has 2 aromatic heterocycles. The Morgan fingerprint density at radius 2 is 1.60 bits per heavy atom. The zero-order valence-electron chi connectivity index (χ0n) is 14.0. The fourth-order valence-electron chi connectivity index (χ4n) is 2.77. The average molecular weight is 339 g/mol. The van der Waals surface area contributed by atoms with Gasteiger partial charge in [0, 0.05) is 64.1 Å². The number of aromatic nitrogens is 2. The number of hydrogen-bond donors (Lipinski definition) is 1. The van der Waals surface area contributed by atoms with Gasteiger partial charge in [-0.3, -0.25) is 24.5 Å². The van der Waals surface area contributed by atoms with Crippen LogP contribution in [-0.2, 0) is 0 Å². The molecular formula is C18H21N5O2. The Morgan fingerprint density at radius 3 is 2.20 bits per heavy atom. The smallest absolute Gasteiger partial charge is 0.255 e. The molecule has 25 heavy (non-hydrogen) atoms. The van der Waals surface area contributed by atoms with E-state index in [4.69, 9.17) is 0 Å². The van der Waals surface area contributed by atoms with Crippen LogP contribution in [0.4, 0.5) is 0 Å². The SMILES string of the molecule is O=C(NCCN1CCN(C(=O)c2cccnc2)CC1)c1cccnc1. The lowest BCUT2D eigenvalue weighted by Gasteiger charge is -2.34. The van der Waals surface area contributed by atoms with E-state index in [1.54, 1.807) is 49.1 Å². The first-order valence-corrected chi connectivity index (χ1v) is 8.34. The maximum Gasteiger partial charge on any atom is 0.255 e. The molecule has 0 unspecified atom stereocenters. The van der Waals surface area contributed by atoms with E-state index in [0.717, 1.165) is 19.6 Å². The number of amides is 2. The van der Waals surface area contributed by atoms with Crippen molar-refractivity contribution >= 4 is 11.8 Å². The van der Waals surface area contributed by atoms with Gasteiger partial charge in [-0.15, -0.1) is 0 Å². The first-order chi connectivity index (χ1) is 12.2. The highest BCUT2D eigenvalue weighted by Gasteiger charge is 2.22. The summed E-state index contributed by atoms with van der Waals surface area (Å²) in [5.74, 6) is -0.0869. The van der Waals surface area contributed by atoms with Gasteiger partial charge in [-0.25, -0.2) is 0 Å². The minimum absolute atomic E-state index is 0.0256. The molecule has 1 N–H and O–H groups in total. The zero-order valence-corrected chi connectivity index (χ0v) is 14.0. The van der Waals surface area contributed by atoms with Gasteiger partial charge < -0.3 is 10.2 Å². The van der Waals surface area contributed by atoms with Crippen molar-refractivity contribution < 1.29 is 9.59 Å². The molecule has 0 radical (unpaired) electrons. The van der Waals surface area contributed by atoms with Gasteiger partial charge in [-0.2, -0.15) is 0 Å². The summed E-state index contributed by atoms with van der Waals surface area (Å²) in [6, 6.07) is 7.04. The van der Waals surface area contributed by atoms with E-state index >= 15 is 0 Å². The molecule has 1 aliphatic rings. The maximum atomic E-state index is 12.4. The number of piperazine rings is 1. The Bertz CT molecular complexity index is 697. The summed E-state index contributed by atoms with van der Waals surface area (Å²) in [4.78, 5) is 36.4. The molecule has 130 valence electrons. The topological polar surface area (TPSA) is 78.4 Å². The zero-order chi connectivity index (χ0) is 17.5. The van der Waals surface area contributed by atoms with Crippen molar-refractivity contribution in [1.82, 2.24) is 25.1 Å². The Hall–Kier alpha value is -2.80. The standard InChI is InChI=1S/C18H21N5O2/c24-17(15-3-1-5-19-13-15)21-7-8-22-9-11-23(12-10-22)18(25)16-4-2-6-20-14-16/h1-6,13-14H,7-12H2,(H,21,24). The summed E-state index contributed by atoms with van der Waals surface area (Å²) in [5, 5.41) is 2.90. The lowest BCUT2D eigenvalue weighted by molar-refractivity contribution is 0.0637. The van der Waals surface area contributed by atoms with E-state index in [-0.39, 0.29) is 11.8 Å². The highest BCUT2D eigenvalue weighted by molar-refractivity contribution is 5.94. The van der Waals surface area contributed by atoms with E-state index in [2.05, 4.69) is 20.2 Å². The van der Waals surface area contributed by atoms with Gasteiger partial charge in [-0.05, 0) is 24.3 Å². The summed E-state index contributed by atoms with van der Waals surface area (Å²) >= 11 is 0. The van der Waals surface area contributed by atoms with Crippen molar-refractivity contribution in [2.45, 2.75) is 0 Å². The summed E-state index contributed by atoms with van der Waals surface area (Å²) < 4.78 is 0. The molecule has 0 saturated carbocycles. The lowest BCUT2D eigenvalue weighted by atomic mass is 10.2. The van der Waals surface area contributed by atoms with Gasteiger partial charge in [0.15, 0.2) is 0 Å². The Kier molecular flexibility index (Phi) is 5.69. The van der Waals surface area contributed by atoms with E-state index in [0.29, 0.717) is 30.8 Å². The van der Waals surface area contributed by atoms with Gasteiger partial charge in [0.05, 0.1) is 11.1 Å². The molecular weight excluding hydrogens is 318 g/mol. The molecule has 7 nitrogen and oxygen atoms in total. The quantitative estimate of drug-likeness (QED) is 0.866. The van der Waals surface area contributed by atoms with Gasteiger partial charge in [0.2, 0.25) is 0 Å². The molecule has 0 spiro atoms. The van der Waals surface area contributed by atoms with Crippen LogP contribution in [0.2, 0.25) is 0 Å². The maximum absolute atomic E-state index is 12.4. The van der Waals surface area contributed by atoms with Crippen molar-refractivity contribution in [1.29, 1.82) is 0 Å². The third kappa shape index (κ3) is 4.60. The molecule has 0 aliphatic carbocycles. The van der Waals surface area contributed by atoms with E-state index in [1.165, 1.54) is 0 Å². The van der Waals surface area contributed by atoms with Crippen LogP contribution in [-0.4, -0.2) is 70.9 Å². The van der Waals surface area contributed by atoms with E-state index in [1.807, 2.05) is 4.90 Å².